The van der Waals surface area contributed by atoms with E-state index in [9.17, 15) is 8.42 Å². The van der Waals surface area contributed by atoms with Gasteiger partial charge in [0.2, 0.25) is 9.84 Å². The number of nitrogens with zero attached hydrogens (tertiary/aromatic N) is 3. The zero-order chi connectivity index (χ0) is 20.7. The van der Waals surface area contributed by atoms with Crippen LogP contribution in [0.1, 0.15) is 20.3 Å². The Kier molecular flexibility index (Phi) is 5.49. The number of benzene rings is 1. The molecular formula is C19H26ClN5O2S. The van der Waals surface area contributed by atoms with Crippen molar-refractivity contribution >= 4 is 38.8 Å². The number of hydrogen-bond donors (Lipinski definition) is 2. The van der Waals surface area contributed by atoms with Gasteiger partial charge in [0.05, 0.1) is 10.4 Å². The minimum absolute atomic E-state index is 0.126. The summed E-state index contributed by atoms with van der Waals surface area (Å²) in [4.78, 5) is 2.36. The Bertz CT molecular complexity index is 1030. The average molecular weight is 424 g/mol. The Morgan fingerprint density at radius 1 is 1.36 bits per heavy atom. The monoisotopic (exact) mass is 423 g/mol. The van der Waals surface area contributed by atoms with Crippen LogP contribution in [-0.2, 0) is 9.84 Å². The van der Waals surface area contributed by atoms with Gasteiger partial charge < -0.3 is 15.5 Å². The summed E-state index contributed by atoms with van der Waals surface area (Å²) in [6.45, 7) is 4.85. The van der Waals surface area contributed by atoms with Crippen molar-refractivity contribution in [2.45, 2.75) is 35.6 Å². The van der Waals surface area contributed by atoms with Crippen molar-refractivity contribution in [1.29, 1.82) is 0 Å². The number of nitrogens with one attached hydrogen (secondary N) is 2. The molecule has 2 heterocycles. The topological polar surface area (TPSA) is 79.3 Å². The molecule has 2 N–H and O–H groups in total. The van der Waals surface area contributed by atoms with Gasteiger partial charge in [-0.1, -0.05) is 17.7 Å². The Labute approximate surface area is 171 Å². The Hall–Kier alpha value is -2.03. The van der Waals surface area contributed by atoms with Gasteiger partial charge in [-0.2, -0.15) is 0 Å². The molecule has 9 heteroatoms. The van der Waals surface area contributed by atoms with Crippen molar-refractivity contribution in [3.8, 4) is 0 Å². The van der Waals surface area contributed by atoms with Crippen LogP contribution in [0.3, 0.4) is 0 Å². The van der Waals surface area contributed by atoms with Crippen molar-refractivity contribution in [3.63, 3.8) is 0 Å². The highest BCUT2D eigenvalue weighted by Gasteiger charge is 2.37. The van der Waals surface area contributed by atoms with Crippen LogP contribution in [0, 0.1) is 0 Å². The number of allylic oxidation sites excluding steroid dienone is 1. The number of fused-ring (bicyclic) bond motifs is 1. The summed E-state index contributed by atoms with van der Waals surface area (Å²) in [5.74, 6) is 0.762. The fourth-order valence-corrected chi connectivity index (χ4v) is 5.18. The maximum atomic E-state index is 13.5. The van der Waals surface area contributed by atoms with Crippen molar-refractivity contribution < 1.29 is 8.42 Å². The van der Waals surface area contributed by atoms with Crippen LogP contribution in [0.4, 0.5) is 11.6 Å². The average Bonchev–Trinajstić information content (AvgIpc) is 2.99. The van der Waals surface area contributed by atoms with Gasteiger partial charge in [0, 0.05) is 24.3 Å². The van der Waals surface area contributed by atoms with Gasteiger partial charge in [-0.3, -0.25) is 0 Å². The van der Waals surface area contributed by atoms with Gasteiger partial charge in [-0.15, -0.1) is 5.10 Å². The van der Waals surface area contributed by atoms with E-state index in [0.29, 0.717) is 16.7 Å². The molecule has 1 aliphatic heterocycles. The number of rotatable bonds is 6. The van der Waals surface area contributed by atoms with Crippen LogP contribution in [0.25, 0.3) is 5.70 Å². The van der Waals surface area contributed by atoms with E-state index in [4.69, 9.17) is 11.6 Å². The fourth-order valence-electron chi connectivity index (χ4n) is 3.36. The molecule has 0 saturated carbocycles. The van der Waals surface area contributed by atoms with E-state index >= 15 is 0 Å². The molecule has 152 valence electrons. The van der Waals surface area contributed by atoms with Crippen molar-refractivity contribution in [1.82, 2.24) is 14.7 Å². The van der Waals surface area contributed by atoms with E-state index in [1.807, 2.05) is 21.0 Å². The maximum absolute atomic E-state index is 13.5. The smallest absolute Gasteiger partial charge is 0.214 e. The summed E-state index contributed by atoms with van der Waals surface area (Å²) >= 11 is 6.04. The number of hydrogen-bond acceptors (Lipinski definition) is 6. The van der Waals surface area contributed by atoms with Crippen LogP contribution < -0.4 is 10.6 Å². The number of anilines is 2. The van der Waals surface area contributed by atoms with Gasteiger partial charge >= 0.3 is 0 Å². The molecule has 1 unspecified atom stereocenters. The highest BCUT2D eigenvalue weighted by molar-refractivity contribution is 7.91. The molecule has 2 aromatic rings. The molecule has 1 aliphatic rings. The molecular weight excluding hydrogens is 398 g/mol. The molecule has 0 amide bonds. The van der Waals surface area contributed by atoms with Crippen LogP contribution in [0.5, 0.6) is 0 Å². The van der Waals surface area contributed by atoms with E-state index in [1.165, 1.54) is 6.07 Å². The van der Waals surface area contributed by atoms with Crippen molar-refractivity contribution in [2.24, 2.45) is 0 Å². The van der Waals surface area contributed by atoms with Crippen LogP contribution >= 0.6 is 11.6 Å². The summed E-state index contributed by atoms with van der Waals surface area (Å²) in [5.41, 5.74) is 0.479. The summed E-state index contributed by atoms with van der Waals surface area (Å²) in [7, 11) is 1.85. The third-order valence-electron chi connectivity index (χ3n) is 4.80. The molecule has 1 aromatic heterocycles. The molecule has 1 atom stereocenters. The zero-order valence-electron chi connectivity index (χ0n) is 16.7. The summed E-state index contributed by atoms with van der Waals surface area (Å²) in [5, 5.41) is 11.2. The van der Waals surface area contributed by atoms with Crippen LogP contribution in [0.15, 0.2) is 40.1 Å². The SMILES string of the molecule is CNc1nn2c(c1S(=O)(=O)c1cccc(Cl)c1)NC(C)(CCN(C)C)C=C2C. The molecule has 3 rings (SSSR count). The number of aromatic nitrogens is 2. The van der Waals surface area contributed by atoms with Gasteiger partial charge in [-0.05, 0) is 58.6 Å². The Morgan fingerprint density at radius 3 is 2.68 bits per heavy atom. The third kappa shape index (κ3) is 3.76. The summed E-state index contributed by atoms with van der Waals surface area (Å²) in [6, 6.07) is 6.28. The summed E-state index contributed by atoms with van der Waals surface area (Å²) < 4.78 is 28.6. The predicted molar refractivity (Wildman–Crippen MR) is 114 cm³/mol. The standard InChI is InChI=1S/C19H26ClN5O2S/c1-13-12-19(2,9-10-24(4)5)22-18-16(17(21-3)23-25(13)18)28(26,27)15-8-6-7-14(20)11-15/h6-8,11-12,22H,9-10H2,1-5H3,(H,21,23). The lowest BCUT2D eigenvalue weighted by atomic mass is 9.94. The molecule has 0 radical (unpaired) electrons. The van der Waals surface area contributed by atoms with E-state index in [2.05, 4.69) is 33.6 Å². The minimum Gasteiger partial charge on any atom is -0.370 e. The first-order chi connectivity index (χ1) is 13.1. The van der Waals surface area contributed by atoms with Gasteiger partial charge in [0.25, 0.3) is 0 Å². The highest BCUT2D eigenvalue weighted by Crippen LogP contribution is 2.40. The van der Waals surface area contributed by atoms with E-state index in [-0.39, 0.29) is 9.79 Å². The van der Waals surface area contributed by atoms with Gasteiger partial charge in [-0.25, -0.2) is 13.1 Å². The Balaban J connectivity index is 2.15. The molecule has 0 spiro atoms. The minimum atomic E-state index is -3.84. The molecule has 1 aromatic carbocycles. The largest absolute Gasteiger partial charge is 0.370 e. The molecule has 0 aliphatic carbocycles. The second-order valence-electron chi connectivity index (χ2n) is 7.53. The van der Waals surface area contributed by atoms with Crippen LogP contribution in [0.2, 0.25) is 5.02 Å². The second-order valence-corrected chi connectivity index (χ2v) is 9.85. The summed E-state index contributed by atoms with van der Waals surface area (Å²) in [6.07, 6.45) is 2.90. The fraction of sp³-hybridized carbons (Fsp3) is 0.421. The third-order valence-corrected chi connectivity index (χ3v) is 6.83. The lowest BCUT2D eigenvalue weighted by Crippen LogP contribution is -2.40. The number of halogens is 1. The zero-order valence-corrected chi connectivity index (χ0v) is 18.3. The van der Waals surface area contributed by atoms with Gasteiger partial charge in [0.15, 0.2) is 16.5 Å². The molecule has 0 bridgehead atoms. The quantitative estimate of drug-likeness (QED) is 0.741. The molecule has 28 heavy (non-hydrogen) atoms. The lowest BCUT2D eigenvalue weighted by Gasteiger charge is -2.34. The molecule has 7 nitrogen and oxygen atoms in total. The molecule has 0 saturated heterocycles. The van der Waals surface area contributed by atoms with Crippen molar-refractivity contribution in [2.75, 3.05) is 38.3 Å². The first-order valence-corrected chi connectivity index (χ1v) is 10.9. The Morgan fingerprint density at radius 2 is 2.07 bits per heavy atom. The first kappa shape index (κ1) is 20.7. The predicted octanol–water partition coefficient (Wildman–Crippen LogP) is 3.41. The maximum Gasteiger partial charge on any atom is 0.214 e. The van der Waals surface area contributed by atoms with Crippen LogP contribution in [-0.4, -0.2) is 56.3 Å². The number of sulfone groups is 1. The van der Waals surface area contributed by atoms with Gasteiger partial charge in [0.1, 0.15) is 0 Å². The normalized spacial score (nSPS) is 19.2. The lowest BCUT2D eigenvalue weighted by molar-refractivity contribution is 0.367. The van der Waals surface area contributed by atoms with E-state index in [1.54, 1.807) is 29.9 Å². The van der Waals surface area contributed by atoms with E-state index < -0.39 is 15.4 Å². The highest BCUT2D eigenvalue weighted by atomic mass is 35.5. The second kappa shape index (κ2) is 7.42. The van der Waals surface area contributed by atoms with Crippen molar-refractivity contribution in [3.05, 3.63) is 35.4 Å². The first-order valence-electron chi connectivity index (χ1n) is 9.01. The molecule has 0 fully saturated rings. The van der Waals surface area contributed by atoms with E-state index in [0.717, 1.165) is 18.7 Å².